The average molecular weight is 321 g/mol. The first-order valence-electron chi connectivity index (χ1n) is 7.81. The molecule has 1 amide bonds. The number of carboxylic acid groups (broad SMARTS) is 1. The lowest BCUT2D eigenvalue weighted by Crippen LogP contribution is -2.68. The molecule has 23 heavy (non-hydrogen) atoms. The van der Waals surface area contributed by atoms with Gasteiger partial charge < -0.3 is 14.7 Å². The molecular formula is C17H20FNO4. The van der Waals surface area contributed by atoms with Gasteiger partial charge in [-0.25, -0.2) is 9.18 Å². The molecule has 1 unspecified atom stereocenters. The van der Waals surface area contributed by atoms with Gasteiger partial charge in [-0.3, -0.25) is 4.79 Å². The van der Waals surface area contributed by atoms with Gasteiger partial charge in [0.2, 0.25) is 5.91 Å². The van der Waals surface area contributed by atoms with Gasteiger partial charge in [-0.05, 0) is 30.5 Å². The number of methoxy groups -OCH3 is 1. The summed E-state index contributed by atoms with van der Waals surface area (Å²) in [5, 5.41) is 9.49. The fourth-order valence-electron chi connectivity index (χ4n) is 3.97. The molecule has 1 aromatic rings. The zero-order valence-electron chi connectivity index (χ0n) is 13.0. The number of hydrogen-bond acceptors (Lipinski definition) is 3. The molecule has 0 radical (unpaired) electrons. The van der Waals surface area contributed by atoms with Crippen molar-refractivity contribution in [3.63, 3.8) is 0 Å². The number of aliphatic carboxylic acids is 1. The molecule has 2 fully saturated rings. The lowest BCUT2D eigenvalue weighted by molar-refractivity contribution is -0.174. The van der Waals surface area contributed by atoms with Gasteiger partial charge in [-0.15, -0.1) is 0 Å². The molecule has 1 atom stereocenters. The van der Waals surface area contributed by atoms with Crippen molar-refractivity contribution in [1.82, 2.24) is 4.90 Å². The van der Waals surface area contributed by atoms with E-state index in [4.69, 9.17) is 4.74 Å². The van der Waals surface area contributed by atoms with Crippen molar-refractivity contribution in [3.05, 3.63) is 29.6 Å². The predicted molar refractivity (Wildman–Crippen MR) is 80.7 cm³/mol. The third-order valence-electron chi connectivity index (χ3n) is 5.10. The van der Waals surface area contributed by atoms with Crippen LogP contribution in [0.5, 0.6) is 5.75 Å². The summed E-state index contributed by atoms with van der Waals surface area (Å²) in [6.45, 7) is 0.501. The summed E-state index contributed by atoms with van der Waals surface area (Å²) in [7, 11) is 1.38. The van der Waals surface area contributed by atoms with Crippen molar-refractivity contribution in [2.75, 3.05) is 13.7 Å². The molecule has 0 bridgehead atoms. The highest BCUT2D eigenvalue weighted by Gasteiger charge is 2.58. The zero-order chi connectivity index (χ0) is 16.6. The number of likely N-dealkylation sites (tertiary alicyclic amines) is 1. The maximum absolute atomic E-state index is 13.7. The van der Waals surface area contributed by atoms with Crippen LogP contribution in [-0.4, -0.2) is 41.6 Å². The Labute approximate surface area is 134 Å². The molecular weight excluding hydrogens is 301 g/mol. The molecule has 1 aliphatic heterocycles. The second-order valence-corrected chi connectivity index (χ2v) is 6.48. The van der Waals surface area contributed by atoms with E-state index in [0.717, 1.165) is 25.7 Å². The molecule has 6 heteroatoms. The Morgan fingerprint density at radius 1 is 1.39 bits per heavy atom. The first-order valence-corrected chi connectivity index (χ1v) is 7.81. The summed E-state index contributed by atoms with van der Waals surface area (Å²) in [5.41, 5.74) is 0.275. The Hall–Kier alpha value is -2.11. The number of benzene rings is 1. The highest BCUT2D eigenvalue weighted by Crippen LogP contribution is 2.50. The number of nitrogens with zero attached hydrogens (tertiary/aromatic N) is 1. The Kier molecular flexibility index (Phi) is 4.00. The van der Waals surface area contributed by atoms with Gasteiger partial charge in [0.25, 0.3) is 0 Å². The van der Waals surface area contributed by atoms with E-state index in [1.165, 1.54) is 24.1 Å². The van der Waals surface area contributed by atoms with E-state index in [1.54, 1.807) is 6.07 Å². The Morgan fingerprint density at radius 3 is 2.65 bits per heavy atom. The molecule has 1 saturated carbocycles. The molecule has 2 aliphatic rings. The second-order valence-electron chi connectivity index (χ2n) is 6.48. The zero-order valence-corrected chi connectivity index (χ0v) is 13.0. The standard InChI is InChI=1S/C17H20FNO4/c1-23-13-5-4-11(8-12(13)18)9-14(20)19-10-17(6-2-3-7-17)15(19)16(21)22/h4-5,8,15H,2-3,6-7,9-10H2,1H3,(H,21,22). The van der Waals surface area contributed by atoms with Gasteiger partial charge in [-0.1, -0.05) is 18.9 Å². The summed E-state index contributed by atoms with van der Waals surface area (Å²) in [6.07, 6.45) is 3.78. The number of rotatable bonds is 4. The van der Waals surface area contributed by atoms with Crippen LogP contribution in [0.1, 0.15) is 31.2 Å². The van der Waals surface area contributed by atoms with Crippen LogP contribution in [0.4, 0.5) is 4.39 Å². The van der Waals surface area contributed by atoms with Crippen molar-refractivity contribution in [2.45, 2.75) is 38.1 Å². The smallest absolute Gasteiger partial charge is 0.327 e. The Balaban J connectivity index is 1.71. The molecule has 1 heterocycles. The maximum atomic E-state index is 13.7. The highest BCUT2D eigenvalue weighted by atomic mass is 19.1. The largest absolute Gasteiger partial charge is 0.494 e. The monoisotopic (exact) mass is 321 g/mol. The third-order valence-corrected chi connectivity index (χ3v) is 5.10. The van der Waals surface area contributed by atoms with Crippen LogP contribution in [0.3, 0.4) is 0 Å². The Bertz CT molecular complexity index is 639. The molecule has 124 valence electrons. The molecule has 1 spiro atoms. The number of hydrogen-bond donors (Lipinski definition) is 1. The van der Waals surface area contributed by atoms with Gasteiger partial charge in [0.15, 0.2) is 11.6 Å². The first kappa shape index (κ1) is 15.8. The van der Waals surface area contributed by atoms with Crippen LogP contribution in [0, 0.1) is 11.2 Å². The van der Waals surface area contributed by atoms with Gasteiger partial charge in [0.1, 0.15) is 6.04 Å². The summed E-state index contributed by atoms with van der Waals surface area (Å²) in [6, 6.07) is 3.63. The quantitative estimate of drug-likeness (QED) is 0.923. The third kappa shape index (κ3) is 2.66. The minimum Gasteiger partial charge on any atom is -0.494 e. The molecule has 1 N–H and O–H groups in total. The van der Waals surface area contributed by atoms with Crippen LogP contribution >= 0.6 is 0 Å². The van der Waals surface area contributed by atoms with E-state index in [0.29, 0.717) is 12.1 Å². The normalized spacial score (nSPS) is 22.0. The van der Waals surface area contributed by atoms with Crippen LogP contribution in [0.2, 0.25) is 0 Å². The van der Waals surface area contributed by atoms with Gasteiger partial charge in [0, 0.05) is 12.0 Å². The van der Waals surface area contributed by atoms with Crippen LogP contribution < -0.4 is 4.74 Å². The van der Waals surface area contributed by atoms with Crippen molar-refractivity contribution in [2.24, 2.45) is 5.41 Å². The lowest BCUT2D eigenvalue weighted by Gasteiger charge is -2.53. The number of amides is 1. The number of ether oxygens (including phenoxy) is 1. The number of carbonyl (C=O) groups is 2. The summed E-state index contributed by atoms with van der Waals surface area (Å²) in [4.78, 5) is 25.4. The second kappa shape index (κ2) is 5.83. The molecule has 3 rings (SSSR count). The molecule has 1 saturated heterocycles. The summed E-state index contributed by atoms with van der Waals surface area (Å²) >= 11 is 0. The molecule has 5 nitrogen and oxygen atoms in total. The minimum absolute atomic E-state index is 0.000768. The Morgan fingerprint density at radius 2 is 2.09 bits per heavy atom. The van der Waals surface area contributed by atoms with E-state index in [1.807, 2.05) is 0 Å². The van der Waals surface area contributed by atoms with E-state index < -0.39 is 17.8 Å². The van der Waals surface area contributed by atoms with Gasteiger partial charge >= 0.3 is 5.97 Å². The summed E-state index contributed by atoms with van der Waals surface area (Å²) < 4.78 is 18.5. The van der Waals surface area contributed by atoms with Crippen molar-refractivity contribution < 1.29 is 23.8 Å². The average Bonchev–Trinajstić information content (AvgIpc) is 2.95. The topological polar surface area (TPSA) is 66.8 Å². The first-order chi connectivity index (χ1) is 11.0. The predicted octanol–water partition coefficient (Wildman–Crippen LogP) is 2.23. The van der Waals surface area contributed by atoms with E-state index in [2.05, 4.69) is 0 Å². The lowest BCUT2D eigenvalue weighted by atomic mass is 9.70. The van der Waals surface area contributed by atoms with E-state index >= 15 is 0 Å². The molecule has 1 aromatic carbocycles. The van der Waals surface area contributed by atoms with Crippen LogP contribution in [-0.2, 0) is 16.0 Å². The highest BCUT2D eigenvalue weighted by molar-refractivity contribution is 5.87. The van der Waals surface area contributed by atoms with E-state index in [-0.39, 0.29) is 23.5 Å². The fourth-order valence-corrected chi connectivity index (χ4v) is 3.97. The van der Waals surface area contributed by atoms with Crippen molar-refractivity contribution in [1.29, 1.82) is 0 Å². The van der Waals surface area contributed by atoms with Crippen LogP contribution in [0.25, 0.3) is 0 Å². The van der Waals surface area contributed by atoms with Crippen molar-refractivity contribution >= 4 is 11.9 Å². The fraction of sp³-hybridized carbons (Fsp3) is 0.529. The van der Waals surface area contributed by atoms with E-state index in [9.17, 15) is 19.1 Å². The van der Waals surface area contributed by atoms with Gasteiger partial charge in [-0.2, -0.15) is 0 Å². The number of carbonyl (C=O) groups excluding carboxylic acids is 1. The molecule has 0 aromatic heterocycles. The SMILES string of the molecule is COc1ccc(CC(=O)N2CC3(CCCC3)C2C(=O)O)cc1F. The molecule has 1 aliphatic carbocycles. The number of carboxylic acids is 1. The van der Waals surface area contributed by atoms with Crippen LogP contribution in [0.15, 0.2) is 18.2 Å². The van der Waals surface area contributed by atoms with Gasteiger partial charge in [0.05, 0.1) is 13.5 Å². The maximum Gasteiger partial charge on any atom is 0.327 e. The number of halogens is 1. The minimum atomic E-state index is -0.938. The summed E-state index contributed by atoms with van der Waals surface area (Å²) in [5.74, 6) is -1.60. The van der Waals surface area contributed by atoms with Crippen molar-refractivity contribution in [3.8, 4) is 5.75 Å².